The molecule has 1 fully saturated rings. The maximum Gasteiger partial charge on any atom is 0.233 e. The van der Waals surface area contributed by atoms with Crippen molar-refractivity contribution in [2.45, 2.75) is 45.6 Å². The smallest absolute Gasteiger partial charge is 0.233 e. The summed E-state index contributed by atoms with van der Waals surface area (Å²) in [6.45, 7) is 3.58. The molecular weight excluding hydrogens is 284 g/mol. The first kappa shape index (κ1) is 16.3. The Morgan fingerprint density at radius 3 is 2.57 bits per heavy atom. The molecular formula is C16H26N2O2S. The first-order valence-electron chi connectivity index (χ1n) is 7.90. The van der Waals surface area contributed by atoms with E-state index in [-0.39, 0.29) is 5.75 Å². The third-order valence-corrected chi connectivity index (χ3v) is 5.47. The predicted octanol–water partition coefficient (Wildman–Crippen LogP) is 3.12. The molecule has 1 aliphatic carbocycles. The van der Waals surface area contributed by atoms with Gasteiger partial charge in [0, 0.05) is 6.54 Å². The number of sulfonamides is 1. The Morgan fingerprint density at radius 2 is 1.86 bits per heavy atom. The number of para-hydroxylation sites is 1. The summed E-state index contributed by atoms with van der Waals surface area (Å²) in [6.07, 6.45) is 5.66. The Bertz CT molecular complexity index is 537. The van der Waals surface area contributed by atoms with Crippen LogP contribution in [0.3, 0.4) is 0 Å². The summed E-state index contributed by atoms with van der Waals surface area (Å²) < 4.78 is 27.5. The van der Waals surface area contributed by atoms with Crippen LogP contribution in [0.1, 0.15) is 44.6 Å². The van der Waals surface area contributed by atoms with Crippen molar-refractivity contribution in [3.8, 4) is 0 Å². The van der Waals surface area contributed by atoms with Crippen molar-refractivity contribution in [1.29, 1.82) is 0 Å². The Labute approximate surface area is 128 Å². The quantitative estimate of drug-likeness (QED) is 0.813. The Morgan fingerprint density at radius 1 is 1.14 bits per heavy atom. The first-order chi connectivity index (χ1) is 10.1. The molecule has 1 aliphatic rings. The SMILES string of the molecule is CCNCc1ccccc1NS(=O)(=O)CC1CCCCC1. The van der Waals surface area contributed by atoms with Crippen LogP contribution in [0.15, 0.2) is 24.3 Å². The lowest BCUT2D eigenvalue weighted by Crippen LogP contribution is -2.25. The molecule has 2 N–H and O–H groups in total. The number of hydrogen-bond donors (Lipinski definition) is 2. The van der Waals surface area contributed by atoms with E-state index in [4.69, 9.17) is 0 Å². The average molecular weight is 310 g/mol. The van der Waals surface area contributed by atoms with E-state index in [9.17, 15) is 8.42 Å². The van der Waals surface area contributed by atoms with Gasteiger partial charge in [-0.2, -0.15) is 0 Å². The second kappa shape index (κ2) is 7.80. The number of rotatable bonds is 7. The molecule has 2 rings (SSSR count). The van der Waals surface area contributed by atoms with Crippen molar-refractivity contribution in [3.63, 3.8) is 0 Å². The van der Waals surface area contributed by atoms with Gasteiger partial charge >= 0.3 is 0 Å². The Balaban J connectivity index is 2.01. The molecule has 118 valence electrons. The molecule has 0 aliphatic heterocycles. The van der Waals surface area contributed by atoms with Gasteiger partial charge < -0.3 is 5.32 Å². The molecule has 0 bridgehead atoms. The molecule has 0 radical (unpaired) electrons. The fraction of sp³-hybridized carbons (Fsp3) is 0.625. The van der Waals surface area contributed by atoms with Gasteiger partial charge in [0.05, 0.1) is 11.4 Å². The number of anilines is 1. The molecule has 1 aromatic carbocycles. The van der Waals surface area contributed by atoms with Crippen molar-refractivity contribution in [2.24, 2.45) is 5.92 Å². The summed E-state index contributed by atoms with van der Waals surface area (Å²) in [5.41, 5.74) is 1.70. The van der Waals surface area contributed by atoms with Crippen LogP contribution in [-0.2, 0) is 16.6 Å². The lowest BCUT2D eigenvalue weighted by Gasteiger charge is -2.22. The molecule has 4 nitrogen and oxygen atoms in total. The second-order valence-corrected chi connectivity index (χ2v) is 7.59. The van der Waals surface area contributed by atoms with Gasteiger partial charge in [-0.15, -0.1) is 0 Å². The van der Waals surface area contributed by atoms with E-state index in [1.54, 1.807) is 0 Å². The minimum Gasteiger partial charge on any atom is -0.313 e. The summed E-state index contributed by atoms with van der Waals surface area (Å²) in [5.74, 6) is 0.569. The van der Waals surface area contributed by atoms with E-state index >= 15 is 0 Å². The van der Waals surface area contributed by atoms with Gasteiger partial charge in [0.25, 0.3) is 0 Å². The van der Waals surface area contributed by atoms with Gasteiger partial charge in [-0.05, 0) is 36.9 Å². The zero-order valence-electron chi connectivity index (χ0n) is 12.8. The summed E-state index contributed by atoms with van der Waals surface area (Å²) in [4.78, 5) is 0. The first-order valence-corrected chi connectivity index (χ1v) is 9.55. The molecule has 0 saturated heterocycles. The Hall–Kier alpha value is -1.07. The fourth-order valence-corrected chi connectivity index (χ4v) is 4.48. The summed E-state index contributed by atoms with van der Waals surface area (Å²) >= 11 is 0. The van der Waals surface area contributed by atoms with E-state index < -0.39 is 10.0 Å². The topological polar surface area (TPSA) is 58.2 Å². The van der Waals surface area contributed by atoms with E-state index in [0.29, 0.717) is 18.2 Å². The largest absolute Gasteiger partial charge is 0.313 e. The second-order valence-electron chi connectivity index (χ2n) is 5.82. The van der Waals surface area contributed by atoms with Crippen LogP contribution in [0, 0.1) is 5.92 Å². The van der Waals surface area contributed by atoms with Crippen molar-refractivity contribution in [3.05, 3.63) is 29.8 Å². The van der Waals surface area contributed by atoms with Crippen molar-refractivity contribution in [1.82, 2.24) is 5.32 Å². The number of benzene rings is 1. The van der Waals surface area contributed by atoms with Gasteiger partial charge in [-0.3, -0.25) is 4.72 Å². The molecule has 0 spiro atoms. The predicted molar refractivity (Wildman–Crippen MR) is 87.8 cm³/mol. The highest BCUT2D eigenvalue weighted by Gasteiger charge is 2.21. The number of nitrogens with one attached hydrogen (secondary N) is 2. The zero-order valence-corrected chi connectivity index (χ0v) is 13.6. The highest BCUT2D eigenvalue weighted by Crippen LogP contribution is 2.26. The van der Waals surface area contributed by atoms with Crippen LogP contribution < -0.4 is 10.0 Å². The van der Waals surface area contributed by atoms with E-state index in [1.807, 2.05) is 31.2 Å². The monoisotopic (exact) mass is 310 g/mol. The van der Waals surface area contributed by atoms with Gasteiger partial charge in [-0.1, -0.05) is 44.4 Å². The van der Waals surface area contributed by atoms with Gasteiger partial charge in [-0.25, -0.2) is 8.42 Å². The molecule has 0 aromatic heterocycles. The van der Waals surface area contributed by atoms with Crippen LogP contribution in [0.4, 0.5) is 5.69 Å². The molecule has 0 heterocycles. The highest BCUT2D eigenvalue weighted by atomic mass is 32.2. The Kier molecular flexibility index (Phi) is 6.06. The van der Waals surface area contributed by atoms with Crippen LogP contribution in [0.5, 0.6) is 0 Å². The van der Waals surface area contributed by atoms with Crippen LogP contribution >= 0.6 is 0 Å². The molecule has 1 saturated carbocycles. The lowest BCUT2D eigenvalue weighted by atomic mass is 9.91. The van der Waals surface area contributed by atoms with Crippen LogP contribution in [0.25, 0.3) is 0 Å². The maximum absolute atomic E-state index is 12.4. The number of hydrogen-bond acceptors (Lipinski definition) is 3. The summed E-state index contributed by atoms with van der Waals surface area (Å²) in [7, 11) is -3.26. The van der Waals surface area contributed by atoms with E-state index in [0.717, 1.165) is 37.8 Å². The highest BCUT2D eigenvalue weighted by molar-refractivity contribution is 7.92. The lowest BCUT2D eigenvalue weighted by molar-refractivity contribution is 0.385. The van der Waals surface area contributed by atoms with E-state index in [1.165, 1.54) is 6.42 Å². The maximum atomic E-state index is 12.4. The zero-order chi connectivity index (χ0) is 15.1. The molecule has 0 atom stereocenters. The fourth-order valence-electron chi connectivity index (χ4n) is 2.91. The van der Waals surface area contributed by atoms with Gasteiger partial charge in [0.2, 0.25) is 10.0 Å². The average Bonchev–Trinajstić information content (AvgIpc) is 2.46. The van der Waals surface area contributed by atoms with Crippen molar-refractivity contribution in [2.75, 3.05) is 17.0 Å². The van der Waals surface area contributed by atoms with Crippen LogP contribution in [-0.4, -0.2) is 20.7 Å². The summed E-state index contributed by atoms with van der Waals surface area (Å²) in [5, 5.41) is 3.24. The minimum absolute atomic E-state index is 0.253. The molecule has 5 heteroatoms. The third kappa shape index (κ3) is 5.32. The summed E-state index contributed by atoms with van der Waals surface area (Å²) in [6, 6.07) is 7.60. The van der Waals surface area contributed by atoms with Crippen molar-refractivity contribution < 1.29 is 8.42 Å². The van der Waals surface area contributed by atoms with Gasteiger partial charge in [0.1, 0.15) is 0 Å². The third-order valence-electron chi connectivity index (χ3n) is 4.03. The van der Waals surface area contributed by atoms with E-state index in [2.05, 4.69) is 10.0 Å². The van der Waals surface area contributed by atoms with Crippen molar-refractivity contribution >= 4 is 15.7 Å². The normalized spacial score (nSPS) is 16.8. The minimum atomic E-state index is -3.26. The molecule has 0 amide bonds. The van der Waals surface area contributed by atoms with Gasteiger partial charge in [0.15, 0.2) is 0 Å². The molecule has 21 heavy (non-hydrogen) atoms. The molecule has 1 aromatic rings. The standard InChI is InChI=1S/C16H26N2O2S/c1-2-17-12-15-10-6-7-11-16(15)18-21(19,20)13-14-8-4-3-5-9-14/h6-7,10-11,14,17-18H,2-5,8-9,12-13H2,1H3. The van der Waals surface area contributed by atoms with Crippen LogP contribution in [0.2, 0.25) is 0 Å². The molecule has 0 unspecified atom stereocenters.